The highest BCUT2D eigenvalue weighted by atomic mass is 28.4. The zero-order valence-corrected chi connectivity index (χ0v) is 24.5. The third-order valence-corrected chi connectivity index (χ3v) is 17.0. The van der Waals surface area contributed by atoms with E-state index in [0.717, 1.165) is 38.8 Å². The van der Waals surface area contributed by atoms with Crippen LogP contribution in [0.5, 0.6) is 0 Å². The predicted molar refractivity (Wildman–Crippen MR) is 139 cm³/mol. The Morgan fingerprint density at radius 2 is 1.83 bits per heavy atom. The first kappa shape index (κ1) is 24.8. The maximum atomic E-state index is 14.6. The molecule has 3 unspecified atom stereocenters. The van der Waals surface area contributed by atoms with Crippen molar-refractivity contribution in [1.29, 1.82) is 0 Å². The fourth-order valence-corrected chi connectivity index (χ4v) is 11.6. The summed E-state index contributed by atoms with van der Waals surface area (Å²) in [5, 5.41) is 0.162. The molecule has 2 spiro atoms. The Morgan fingerprint density at radius 3 is 2.43 bits per heavy atom. The summed E-state index contributed by atoms with van der Waals surface area (Å²) in [6.45, 7) is 19.0. The van der Waals surface area contributed by atoms with Gasteiger partial charge in [0.25, 0.3) is 0 Å². The van der Waals surface area contributed by atoms with Crippen LogP contribution in [0.15, 0.2) is 11.6 Å². The second kappa shape index (κ2) is 7.10. The molecule has 1 aliphatic heterocycles. The number of rotatable bonds is 5. The molecule has 1 saturated heterocycles. The van der Waals surface area contributed by atoms with E-state index >= 15 is 0 Å². The zero-order valence-electron chi connectivity index (χ0n) is 23.5. The number of ether oxygens (including phenoxy) is 2. The van der Waals surface area contributed by atoms with Gasteiger partial charge in [-0.1, -0.05) is 40.7 Å². The van der Waals surface area contributed by atoms with Gasteiger partial charge in [0.2, 0.25) is 11.6 Å². The molecule has 8 atom stereocenters. The zero-order chi connectivity index (χ0) is 25.4. The summed E-state index contributed by atoms with van der Waals surface area (Å²) >= 11 is 0. The van der Waals surface area contributed by atoms with E-state index in [-0.39, 0.29) is 33.7 Å². The van der Waals surface area contributed by atoms with Crippen molar-refractivity contribution < 1.29 is 18.7 Å². The molecule has 0 aromatic rings. The Morgan fingerprint density at radius 1 is 1.14 bits per heavy atom. The van der Waals surface area contributed by atoms with Crippen LogP contribution >= 0.6 is 0 Å². The Balaban J connectivity index is 1.58. The number of Topliss-reactive ketones (excluding diaryl/α,β-unsaturated/α-hetero) is 1. The minimum absolute atomic E-state index is 0.00638. The number of fused-ring (bicyclic) bond motifs is 2. The molecular formula is C29H47NO4Si. The smallest absolute Gasteiger partial charge is 0.235 e. The number of hydrogen-bond acceptors (Lipinski definition) is 5. The van der Waals surface area contributed by atoms with Crippen molar-refractivity contribution >= 4 is 14.1 Å². The standard InChI is InChI=1S/C29H47NO4Si/c1-10-30-17-26(5)13-12-22(34-35(8,9)25(2,3)4)28-20(26)16-19(23(28)30)27-14-11-18(15-21(27)28)29(32-6,33-7)24(27)31/h15,18-20,22-23H,10-14,16-17H2,1-9H3/t18-,19?,20+,22-,23?,26-,27-,28?/m0/s1. The number of methoxy groups -OCH3 is 2. The number of nitrogens with zero attached hydrogens (tertiary/aromatic N) is 1. The molecule has 0 aromatic heterocycles. The van der Waals surface area contributed by atoms with E-state index in [4.69, 9.17) is 13.9 Å². The topological polar surface area (TPSA) is 48.0 Å². The van der Waals surface area contributed by atoms with Crippen molar-refractivity contribution in [3.8, 4) is 0 Å². The summed E-state index contributed by atoms with van der Waals surface area (Å²) in [7, 11) is 1.32. The molecule has 0 radical (unpaired) electrons. The van der Waals surface area contributed by atoms with E-state index < -0.39 is 19.5 Å². The van der Waals surface area contributed by atoms with E-state index in [0.29, 0.717) is 17.9 Å². The van der Waals surface area contributed by atoms with Gasteiger partial charge in [-0.15, -0.1) is 0 Å². The van der Waals surface area contributed by atoms with Crippen molar-refractivity contribution in [2.45, 2.75) is 103 Å². The van der Waals surface area contributed by atoms with E-state index in [2.05, 4.69) is 58.7 Å². The van der Waals surface area contributed by atoms with Gasteiger partial charge in [0.1, 0.15) is 0 Å². The maximum absolute atomic E-state index is 14.6. The summed E-state index contributed by atoms with van der Waals surface area (Å²) in [5.74, 6) is 0.0165. The highest BCUT2D eigenvalue weighted by Crippen LogP contribution is 2.82. The molecule has 0 amide bonds. The van der Waals surface area contributed by atoms with Gasteiger partial charge in [0.05, 0.1) is 11.5 Å². The molecular weight excluding hydrogens is 454 g/mol. The first-order chi connectivity index (χ1) is 16.3. The number of ketones is 1. The first-order valence-corrected chi connectivity index (χ1v) is 17.0. The van der Waals surface area contributed by atoms with Crippen molar-refractivity contribution in [3.63, 3.8) is 0 Å². The van der Waals surface area contributed by atoms with Gasteiger partial charge >= 0.3 is 0 Å². The molecule has 5 fully saturated rings. The predicted octanol–water partition coefficient (Wildman–Crippen LogP) is 5.41. The van der Waals surface area contributed by atoms with Crippen LogP contribution in [0.3, 0.4) is 0 Å². The van der Waals surface area contributed by atoms with E-state index in [1.54, 1.807) is 14.2 Å². The van der Waals surface area contributed by atoms with E-state index in [1.165, 1.54) is 12.0 Å². The van der Waals surface area contributed by atoms with Crippen LogP contribution < -0.4 is 0 Å². The molecule has 35 heavy (non-hydrogen) atoms. The SMILES string of the molecule is CCN1C[C@]2(C)CC[C@H](O[Si](C)(C)C(C)(C)C)C34C5=C[C@@H]6CC[C@]5(C(=O)C6(OC)OC)C(C[C@@H]32)C14. The Bertz CT molecular complexity index is 982. The lowest BCUT2D eigenvalue weighted by Gasteiger charge is -2.66. The van der Waals surface area contributed by atoms with Gasteiger partial charge in [-0.2, -0.15) is 0 Å². The maximum Gasteiger partial charge on any atom is 0.235 e. The average molecular weight is 502 g/mol. The molecule has 0 N–H and O–H groups in total. The monoisotopic (exact) mass is 501 g/mol. The molecule has 7 aliphatic rings. The summed E-state index contributed by atoms with van der Waals surface area (Å²) in [5.41, 5.74) is 1.24. The molecule has 1 heterocycles. The van der Waals surface area contributed by atoms with E-state index in [9.17, 15) is 4.79 Å². The Labute approximate surface area is 213 Å². The highest BCUT2D eigenvalue weighted by molar-refractivity contribution is 6.74. The van der Waals surface area contributed by atoms with Crippen LogP contribution in [0.4, 0.5) is 0 Å². The molecule has 5 nitrogen and oxygen atoms in total. The lowest BCUT2D eigenvalue weighted by atomic mass is 9.43. The third-order valence-electron chi connectivity index (χ3n) is 12.5. The molecule has 6 aliphatic carbocycles. The molecule has 4 saturated carbocycles. The molecule has 7 bridgehead atoms. The van der Waals surface area contributed by atoms with Crippen LogP contribution in [0, 0.1) is 34.0 Å². The molecule has 7 rings (SSSR count). The summed E-state index contributed by atoms with van der Waals surface area (Å²) in [6, 6.07) is 0.388. The molecule has 6 heteroatoms. The number of likely N-dealkylation sites (tertiary alicyclic amines) is 1. The van der Waals surface area contributed by atoms with Gasteiger partial charge in [-0.05, 0) is 79.6 Å². The van der Waals surface area contributed by atoms with Crippen LogP contribution in [0.2, 0.25) is 18.1 Å². The normalized spacial score (nSPS) is 47.7. The van der Waals surface area contributed by atoms with Gasteiger partial charge in [-0.3, -0.25) is 9.69 Å². The first-order valence-electron chi connectivity index (χ1n) is 14.1. The second-order valence-corrected chi connectivity index (χ2v) is 19.3. The van der Waals surface area contributed by atoms with Crippen LogP contribution in [-0.4, -0.2) is 64.2 Å². The van der Waals surface area contributed by atoms with Crippen LogP contribution in [0.1, 0.15) is 66.7 Å². The van der Waals surface area contributed by atoms with Gasteiger partial charge in [0.15, 0.2) is 8.32 Å². The van der Waals surface area contributed by atoms with Gasteiger partial charge < -0.3 is 13.9 Å². The van der Waals surface area contributed by atoms with Gasteiger partial charge in [0, 0.05) is 38.1 Å². The Kier molecular flexibility index (Phi) is 5.03. The lowest BCUT2D eigenvalue weighted by molar-refractivity contribution is -0.247. The number of carbonyl (C=O) groups excluding carboxylic acids is 1. The third kappa shape index (κ3) is 2.53. The molecule has 196 valence electrons. The number of hydrogen-bond donors (Lipinski definition) is 0. The quantitative estimate of drug-likeness (QED) is 0.286. The van der Waals surface area contributed by atoms with Crippen LogP contribution in [-0.2, 0) is 18.7 Å². The van der Waals surface area contributed by atoms with Crippen molar-refractivity contribution in [2.24, 2.45) is 34.0 Å². The summed E-state index contributed by atoms with van der Waals surface area (Å²) in [4.78, 5) is 17.4. The summed E-state index contributed by atoms with van der Waals surface area (Å²) < 4.78 is 19.4. The minimum Gasteiger partial charge on any atom is -0.413 e. The average Bonchev–Trinajstić information content (AvgIpc) is 3.24. The van der Waals surface area contributed by atoms with Crippen molar-refractivity contribution in [1.82, 2.24) is 4.90 Å². The lowest BCUT2D eigenvalue weighted by Crippen LogP contribution is -2.69. The fraction of sp³-hybridized carbons (Fsp3) is 0.897. The molecule has 0 aromatic carbocycles. The van der Waals surface area contributed by atoms with Crippen molar-refractivity contribution in [2.75, 3.05) is 27.3 Å². The second-order valence-electron chi connectivity index (χ2n) is 14.5. The van der Waals surface area contributed by atoms with E-state index in [1.807, 2.05) is 0 Å². The summed E-state index contributed by atoms with van der Waals surface area (Å²) in [6.07, 6.45) is 8.10. The minimum atomic E-state index is -2.00. The fourth-order valence-electron chi connectivity index (χ4n) is 10.2. The van der Waals surface area contributed by atoms with Crippen LogP contribution in [0.25, 0.3) is 0 Å². The highest BCUT2D eigenvalue weighted by Gasteiger charge is 2.85. The largest absolute Gasteiger partial charge is 0.413 e. The van der Waals surface area contributed by atoms with Crippen molar-refractivity contribution in [3.05, 3.63) is 11.6 Å². The number of carbonyl (C=O) groups is 1. The number of piperidine rings is 1. The van der Waals surface area contributed by atoms with Gasteiger partial charge in [-0.25, -0.2) is 0 Å². The Hall–Kier alpha value is -0.533.